The molecule has 0 aromatic rings. The van der Waals surface area contributed by atoms with E-state index in [1.54, 1.807) is 0 Å². The Morgan fingerprint density at radius 3 is 0.727 bits per heavy atom. The van der Waals surface area contributed by atoms with Crippen molar-refractivity contribution in [3.63, 3.8) is 0 Å². The second-order valence-electron chi connectivity index (χ2n) is 21.6. The number of unbranched alkanes of at least 4 members (excludes halogenated alkanes) is 50. The number of rotatable bonds is 58. The average Bonchev–Trinajstić information content (AvgIpc) is 3.32. The molecule has 0 heterocycles. The fourth-order valence-electron chi connectivity index (χ4n) is 10.2. The first kappa shape index (κ1) is 65.3. The molecule has 0 aliphatic carbocycles. The molecule has 66 heavy (non-hydrogen) atoms. The molecule has 0 rings (SSSR count). The Kier molecular flexibility index (Phi) is 56.4. The summed E-state index contributed by atoms with van der Waals surface area (Å²) in [5.41, 5.74) is 0. The summed E-state index contributed by atoms with van der Waals surface area (Å²) in [7, 11) is 0. The Bertz CT molecular complexity index is 898. The van der Waals surface area contributed by atoms with Crippen molar-refractivity contribution in [3.8, 4) is 0 Å². The van der Waals surface area contributed by atoms with E-state index in [2.05, 4.69) is 19.2 Å². The molecule has 0 aromatic heterocycles. The number of carbonyl (C=O) groups is 1. The van der Waals surface area contributed by atoms with Crippen LogP contribution in [0.2, 0.25) is 0 Å². The summed E-state index contributed by atoms with van der Waals surface area (Å²) in [4.78, 5) is 12.5. The molecule has 0 radical (unpaired) electrons. The topological polar surface area (TPSA) is 89.8 Å². The standard InChI is InChI=1S/C61H123NO4/c1-3-5-7-9-11-13-15-17-19-21-23-25-27-28-29-30-31-32-34-36-38-40-42-44-46-48-50-52-54-56-60(65)62-58(57-63)61(66)59(64)55-53-51-49-47-45-43-41-39-37-35-33-26-24-22-20-18-16-14-12-10-8-6-4-2/h58-59,61,63-64,66H,3-57H2,1-2H3,(H,62,65). The van der Waals surface area contributed by atoms with Crippen molar-refractivity contribution in [2.75, 3.05) is 6.61 Å². The molecule has 0 aliphatic rings. The highest BCUT2D eigenvalue weighted by Gasteiger charge is 2.26. The van der Waals surface area contributed by atoms with Gasteiger partial charge in [-0.25, -0.2) is 0 Å². The van der Waals surface area contributed by atoms with E-state index < -0.39 is 18.2 Å². The van der Waals surface area contributed by atoms with E-state index in [-0.39, 0.29) is 12.5 Å². The molecule has 0 spiro atoms. The summed E-state index contributed by atoms with van der Waals surface area (Å²) in [5, 5.41) is 33.9. The molecule has 0 fully saturated rings. The lowest BCUT2D eigenvalue weighted by molar-refractivity contribution is -0.124. The van der Waals surface area contributed by atoms with Crippen molar-refractivity contribution in [1.82, 2.24) is 5.32 Å². The Hall–Kier alpha value is -0.650. The largest absolute Gasteiger partial charge is 0.394 e. The zero-order valence-electron chi connectivity index (χ0n) is 45.4. The number of amides is 1. The number of hydrogen-bond acceptors (Lipinski definition) is 4. The first-order valence-electron chi connectivity index (χ1n) is 30.8. The van der Waals surface area contributed by atoms with E-state index in [1.165, 1.54) is 302 Å². The molecule has 0 saturated heterocycles. The highest BCUT2D eigenvalue weighted by atomic mass is 16.3. The van der Waals surface area contributed by atoms with Gasteiger partial charge in [0.1, 0.15) is 6.10 Å². The van der Waals surface area contributed by atoms with Crippen molar-refractivity contribution in [2.24, 2.45) is 0 Å². The molecule has 3 atom stereocenters. The quantitative estimate of drug-likeness (QED) is 0.0458. The molecular weight excluding hydrogens is 811 g/mol. The Morgan fingerprint density at radius 2 is 0.515 bits per heavy atom. The summed E-state index contributed by atoms with van der Waals surface area (Å²) in [6, 6.07) is -0.805. The molecule has 5 heteroatoms. The number of aliphatic hydroxyl groups is 3. The summed E-state index contributed by atoms with van der Waals surface area (Å²) in [5.74, 6) is -0.134. The van der Waals surface area contributed by atoms with Crippen LogP contribution in [0.1, 0.15) is 361 Å². The van der Waals surface area contributed by atoms with E-state index in [0.29, 0.717) is 12.8 Å². The van der Waals surface area contributed by atoms with Crippen molar-refractivity contribution in [1.29, 1.82) is 0 Å². The monoisotopic (exact) mass is 934 g/mol. The molecule has 0 aliphatic heterocycles. The van der Waals surface area contributed by atoms with E-state index in [1.807, 2.05) is 0 Å². The summed E-state index contributed by atoms with van der Waals surface area (Å²) < 4.78 is 0. The summed E-state index contributed by atoms with van der Waals surface area (Å²) >= 11 is 0. The van der Waals surface area contributed by atoms with Gasteiger partial charge in [0, 0.05) is 6.42 Å². The van der Waals surface area contributed by atoms with Gasteiger partial charge in [0.2, 0.25) is 5.91 Å². The van der Waals surface area contributed by atoms with Crippen LogP contribution in [0.15, 0.2) is 0 Å². The minimum Gasteiger partial charge on any atom is -0.394 e. The number of aliphatic hydroxyl groups excluding tert-OH is 3. The normalized spacial score (nSPS) is 13.1. The molecule has 396 valence electrons. The number of nitrogens with one attached hydrogen (secondary N) is 1. The highest BCUT2D eigenvalue weighted by Crippen LogP contribution is 2.19. The molecule has 0 aromatic carbocycles. The lowest BCUT2D eigenvalue weighted by atomic mass is 9.99. The molecule has 5 nitrogen and oxygen atoms in total. The second-order valence-corrected chi connectivity index (χ2v) is 21.6. The van der Waals surface area contributed by atoms with Gasteiger partial charge in [-0.05, 0) is 12.8 Å². The lowest BCUT2D eigenvalue weighted by Gasteiger charge is -2.26. The van der Waals surface area contributed by atoms with Crippen LogP contribution in [-0.4, -0.2) is 46.1 Å². The number of carbonyl (C=O) groups excluding carboxylic acids is 1. The maximum absolute atomic E-state index is 12.5. The fraction of sp³-hybridized carbons (Fsp3) is 0.984. The average molecular weight is 935 g/mol. The molecule has 3 unspecified atom stereocenters. The SMILES string of the molecule is CCCCCCCCCCCCCCCCCCCCCCCCCCCCCCCC(=O)NC(CO)C(O)C(O)CCCCCCCCCCCCCCCCCCCCCCCCC. The van der Waals surface area contributed by atoms with Gasteiger partial charge in [-0.2, -0.15) is 0 Å². The van der Waals surface area contributed by atoms with Gasteiger partial charge in [0.05, 0.1) is 18.8 Å². The van der Waals surface area contributed by atoms with Crippen molar-refractivity contribution < 1.29 is 20.1 Å². The summed E-state index contributed by atoms with van der Waals surface area (Å²) in [6.07, 6.45) is 70.0. The Morgan fingerprint density at radius 1 is 0.318 bits per heavy atom. The fourth-order valence-corrected chi connectivity index (χ4v) is 10.2. The zero-order valence-corrected chi connectivity index (χ0v) is 45.4. The smallest absolute Gasteiger partial charge is 0.220 e. The number of hydrogen-bond donors (Lipinski definition) is 4. The van der Waals surface area contributed by atoms with E-state index in [0.717, 1.165) is 32.1 Å². The van der Waals surface area contributed by atoms with Crippen LogP contribution in [0.3, 0.4) is 0 Å². The molecule has 0 saturated carbocycles. The van der Waals surface area contributed by atoms with Crippen LogP contribution in [0.25, 0.3) is 0 Å². The van der Waals surface area contributed by atoms with Crippen LogP contribution in [0.4, 0.5) is 0 Å². The Labute approximate surface area is 415 Å². The van der Waals surface area contributed by atoms with E-state index in [4.69, 9.17) is 0 Å². The van der Waals surface area contributed by atoms with E-state index >= 15 is 0 Å². The second kappa shape index (κ2) is 56.9. The maximum Gasteiger partial charge on any atom is 0.220 e. The highest BCUT2D eigenvalue weighted by molar-refractivity contribution is 5.76. The van der Waals surface area contributed by atoms with Crippen LogP contribution in [0.5, 0.6) is 0 Å². The van der Waals surface area contributed by atoms with Gasteiger partial charge in [0.25, 0.3) is 0 Å². The first-order chi connectivity index (χ1) is 32.6. The van der Waals surface area contributed by atoms with Crippen molar-refractivity contribution >= 4 is 5.91 Å². The minimum atomic E-state index is -1.13. The minimum absolute atomic E-state index is 0.134. The third-order valence-electron chi connectivity index (χ3n) is 15.0. The maximum atomic E-state index is 12.5. The van der Waals surface area contributed by atoms with Gasteiger partial charge in [-0.1, -0.05) is 341 Å². The van der Waals surface area contributed by atoms with Crippen LogP contribution < -0.4 is 5.32 Å². The van der Waals surface area contributed by atoms with Gasteiger partial charge >= 0.3 is 0 Å². The predicted octanol–water partition coefficient (Wildman–Crippen LogP) is 19.3. The van der Waals surface area contributed by atoms with Gasteiger partial charge in [-0.3, -0.25) is 4.79 Å². The van der Waals surface area contributed by atoms with Gasteiger partial charge in [0.15, 0.2) is 0 Å². The molecular formula is C61H123NO4. The zero-order chi connectivity index (χ0) is 47.9. The van der Waals surface area contributed by atoms with Gasteiger partial charge in [-0.15, -0.1) is 0 Å². The lowest BCUT2D eigenvalue weighted by Crippen LogP contribution is -2.50. The van der Waals surface area contributed by atoms with E-state index in [9.17, 15) is 20.1 Å². The van der Waals surface area contributed by atoms with Crippen molar-refractivity contribution in [2.45, 2.75) is 379 Å². The predicted molar refractivity (Wildman–Crippen MR) is 292 cm³/mol. The summed E-state index contributed by atoms with van der Waals surface area (Å²) in [6.45, 7) is 4.24. The Balaban J connectivity index is 3.46. The van der Waals surface area contributed by atoms with Crippen molar-refractivity contribution in [3.05, 3.63) is 0 Å². The first-order valence-corrected chi connectivity index (χ1v) is 30.8. The third-order valence-corrected chi connectivity index (χ3v) is 15.0. The van der Waals surface area contributed by atoms with Gasteiger partial charge < -0.3 is 20.6 Å². The molecule has 1 amide bonds. The third kappa shape index (κ3) is 51.2. The molecule has 0 bridgehead atoms. The van der Waals surface area contributed by atoms with Crippen LogP contribution in [-0.2, 0) is 4.79 Å². The van der Waals surface area contributed by atoms with Crippen LogP contribution in [0, 0.1) is 0 Å². The van der Waals surface area contributed by atoms with Crippen LogP contribution >= 0.6 is 0 Å². The molecule has 4 N–H and O–H groups in total.